The Balaban J connectivity index is 1.68. The highest BCUT2D eigenvalue weighted by Crippen LogP contribution is 2.34. The van der Waals surface area contributed by atoms with Crippen molar-refractivity contribution < 1.29 is 28.6 Å². The Labute approximate surface area is 185 Å². The highest BCUT2D eigenvalue weighted by atomic mass is 16.5. The molecule has 2 amide bonds. The molecule has 9 heteroatoms. The molecule has 1 aromatic carbocycles. The predicted octanol–water partition coefficient (Wildman–Crippen LogP) is 1.70. The molecular weight excluding hydrogens is 416 g/mol. The molecule has 32 heavy (non-hydrogen) atoms. The van der Waals surface area contributed by atoms with Crippen molar-refractivity contribution in [1.82, 2.24) is 10.6 Å². The number of carbonyl (C=O) groups excluding carboxylic acids is 2. The number of fused-ring (bicyclic) bond motifs is 3. The van der Waals surface area contributed by atoms with E-state index in [-0.39, 0.29) is 24.7 Å². The summed E-state index contributed by atoms with van der Waals surface area (Å²) in [6.45, 7) is 4.49. The van der Waals surface area contributed by atoms with Crippen LogP contribution >= 0.6 is 0 Å². The number of nitrogens with one attached hydrogen (secondary N) is 2. The van der Waals surface area contributed by atoms with E-state index in [0.29, 0.717) is 28.7 Å². The average molecular weight is 444 g/mol. The quantitative estimate of drug-likeness (QED) is 0.528. The Kier molecular flexibility index (Phi) is 7.17. The summed E-state index contributed by atoms with van der Waals surface area (Å²) in [5, 5.41) is 14.7. The summed E-state index contributed by atoms with van der Waals surface area (Å²) in [5.74, 6) is -2.11. The van der Waals surface area contributed by atoms with Gasteiger partial charge in [0, 0.05) is 5.56 Å². The molecule has 0 unspecified atom stereocenters. The van der Waals surface area contributed by atoms with E-state index in [1.165, 1.54) is 0 Å². The Hall–Kier alpha value is -3.36. The lowest BCUT2D eigenvalue weighted by Crippen LogP contribution is -2.48. The van der Waals surface area contributed by atoms with Crippen molar-refractivity contribution >= 4 is 28.8 Å². The Morgan fingerprint density at radius 3 is 2.47 bits per heavy atom. The number of aliphatic carboxylic acids is 1. The average Bonchev–Trinajstić information content (AvgIpc) is 2.73. The first kappa shape index (κ1) is 23.3. The minimum Gasteiger partial charge on any atom is -0.483 e. The van der Waals surface area contributed by atoms with E-state index < -0.39 is 23.8 Å². The molecule has 3 rings (SSSR count). The van der Waals surface area contributed by atoms with Crippen molar-refractivity contribution in [3.8, 4) is 5.75 Å². The van der Waals surface area contributed by atoms with Crippen LogP contribution in [0.1, 0.15) is 43.4 Å². The summed E-state index contributed by atoms with van der Waals surface area (Å²) >= 11 is 0. The number of carbonyl (C=O) groups is 3. The molecule has 1 aromatic heterocycles. The van der Waals surface area contributed by atoms with Gasteiger partial charge in [0.05, 0.1) is 11.9 Å². The van der Waals surface area contributed by atoms with Gasteiger partial charge >= 0.3 is 11.6 Å². The molecule has 3 N–H and O–H groups in total. The lowest BCUT2D eigenvalue weighted by Gasteiger charge is -2.19. The molecule has 1 aliphatic rings. The van der Waals surface area contributed by atoms with Crippen LogP contribution < -0.4 is 21.0 Å². The van der Waals surface area contributed by atoms with E-state index >= 15 is 0 Å². The first-order valence-corrected chi connectivity index (χ1v) is 10.7. The fourth-order valence-corrected chi connectivity index (χ4v) is 3.89. The van der Waals surface area contributed by atoms with Crippen molar-refractivity contribution in [1.29, 1.82) is 0 Å². The highest BCUT2D eigenvalue weighted by Gasteiger charge is 2.24. The third-order valence-corrected chi connectivity index (χ3v) is 5.48. The first-order chi connectivity index (χ1) is 15.2. The minimum absolute atomic E-state index is 0.295. The topological polar surface area (TPSA) is 135 Å². The number of benzene rings is 1. The van der Waals surface area contributed by atoms with Crippen LogP contribution in [-0.4, -0.2) is 42.1 Å². The first-order valence-electron chi connectivity index (χ1n) is 10.7. The summed E-state index contributed by atoms with van der Waals surface area (Å²) in [7, 11) is 0. The maximum absolute atomic E-state index is 12.3. The van der Waals surface area contributed by atoms with Gasteiger partial charge < -0.3 is 24.9 Å². The molecular formula is C23H28N2O7. The summed E-state index contributed by atoms with van der Waals surface area (Å²) in [6, 6.07) is 2.53. The molecule has 0 saturated heterocycles. The maximum Gasteiger partial charge on any atom is 0.339 e. The van der Waals surface area contributed by atoms with Gasteiger partial charge in [0.25, 0.3) is 5.91 Å². The maximum atomic E-state index is 12.3. The fourth-order valence-electron chi connectivity index (χ4n) is 3.89. The third kappa shape index (κ3) is 5.27. The standard InChI is InChI=1S/C23H28N2O7/c1-12(2)21(22(28)29)25-18(26)10-24-19(27)11-31-16-8-13(3)9-17-20(16)14-6-4-5-7-15(14)23(30)32-17/h8-9,12,21H,4-7,10-11H2,1-3H3,(H,24,27)(H,25,26)(H,28,29)/t21-/m1/s1. The third-order valence-electron chi connectivity index (χ3n) is 5.48. The van der Waals surface area contributed by atoms with Crippen LogP contribution in [0.4, 0.5) is 0 Å². The molecule has 9 nitrogen and oxygen atoms in total. The van der Waals surface area contributed by atoms with Crippen LogP contribution in [0.15, 0.2) is 21.3 Å². The number of hydrogen-bond acceptors (Lipinski definition) is 6. The summed E-state index contributed by atoms with van der Waals surface area (Å²) in [5.41, 5.74) is 2.49. The van der Waals surface area contributed by atoms with E-state index in [2.05, 4.69) is 10.6 Å². The second-order valence-corrected chi connectivity index (χ2v) is 8.38. The van der Waals surface area contributed by atoms with E-state index in [0.717, 1.165) is 30.4 Å². The number of ether oxygens (including phenoxy) is 1. The van der Waals surface area contributed by atoms with Gasteiger partial charge in [-0.2, -0.15) is 0 Å². The van der Waals surface area contributed by atoms with Gasteiger partial charge in [-0.15, -0.1) is 0 Å². The molecule has 0 fully saturated rings. The van der Waals surface area contributed by atoms with Gasteiger partial charge in [0.1, 0.15) is 17.4 Å². The number of carboxylic acid groups (broad SMARTS) is 1. The van der Waals surface area contributed by atoms with E-state index in [1.54, 1.807) is 26.0 Å². The van der Waals surface area contributed by atoms with Crippen LogP contribution in [0.2, 0.25) is 0 Å². The number of hydrogen-bond donors (Lipinski definition) is 3. The second kappa shape index (κ2) is 9.84. The Bertz CT molecular complexity index is 1100. The zero-order valence-electron chi connectivity index (χ0n) is 18.4. The van der Waals surface area contributed by atoms with Crippen LogP contribution in [0.3, 0.4) is 0 Å². The van der Waals surface area contributed by atoms with Gasteiger partial charge in [0.15, 0.2) is 6.61 Å². The Morgan fingerprint density at radius 1 is 1.12 bits per heavy atom. The molecule has 172 valence electrons. The minimum atomic E-state index is -1.13. The van der Waals surface area contributed by atoms with Gasteiger partial charge in [0.2, 0.25) is 5.91 Å². The van der Waals surface area contributed by atoms with Crippen molar-refractivity contribution in [2.45, 2.75) is 52.5 Å². The second-order valence-electron chi connectivity index (χ2n) is 8.38. The molecule has 0 spiro atoms. The van der Waals surface area contributed by atoms with Crippen LogP contribution in [0.25, 0.3) is 11.0 Å². The summed E-state index contributed by atoms with van der Waals surface area (Å²) < 4.78 is 11.3. The predicted molar refractivity (Wildman–Crippen MR) is 117 cm³/mol. The molecule has 0 saturated carbocycles. The number of carboxylic acids is 1. The monoisotopic (exact) mass is 444 g/mol. The lowest BCUT2D eigenvalue weighted by molar-refractivity contribution is -0.143. The van der Waals surface area contributed by atoms with Crippen molar-refractivity contribution in [3.05, 3.63) is 39.2 Å². The van der Waals surface area contributed by atoms with Gasteiger partial charge in [-0.25, -0.2) is 9.59 Å². The molecule has 2 aromatic rings. The number of rotatable bonds is 8. The molecule has 0 bridgehead atoms. The van der Waals surface area contributed by atoms with Gasteiger partial charge in [-0.3, -0.25) is 9.59 Å². The normalized spacial score (nSPS) is 14.0. The highest BCUT2D eigenvalue weighted by molar-refractivity contribution is 5.90. The molecule has 1 atom stereocenters. The van der Waals surface area contributed by atoms with Crippen molar-refractivity contribution in [3.63, 3.8) is 0 Å². The van der Waals surface area contributed by atoms with Crippen LogP contribution in [0, 0.1) is 12.8 Å². The largest absolute Gasteiger partial charge is 0.483 e. The van der Waals surface area contributed by atoms with Crippen molar-refractivity contribution in [2.75, 3.05) is 13.2 Å². The number of amides is 2. The lowest BCUT2D eigenvalue weighted by atomic mass is 9.90. The van der Waals surface area contributed by atoms with Gasteiger partial charge in [-0.05, 0) is 61.8 Å². The Morgan fingerprint density at radius 2 is 1.81 bits per heavy atom. The molecule has 0 aliphatic heterocycles. The number of aryl methyl sites for hydroxylation is 2. The molecule has 1 aliphatic carbocycles. The molecule has 0 radical (unpaired) electrons. The van der Waals surface area contributed by atoms with E-state index in [4.69, 9.17) is 14.3 Å². The molecule has 1 heterocycles. The fraction of sp³-hybridized carbons (Fsp3) is 0.478. The van der Waals surface area contributed by atoms with E-state index in [1.807, 2.05) is 6.92 Å². The van der Waals surface area contributed by atoms with Crippen LogP contribution in [0.5, 0.6) is 5.75 Å². The van der Waals surface area contributed by atoms with E-state index in [9.17, 15) is 19.2 Å². The van der Waals surface area contributed by atoms with Gasteiger partial charge in [-0.1, -0.05) is 13.8 Å². The smallest absolute Gasteiger partial charge is 0.339 e. The summed E-state index contributed by atoms with van der Waals surface area (Å²) in [4.78, 5) is 47.7. The zero-order valence-corrected chi connectivity index (χ0v) is 18.4. The van der Waals surface area contributed by atoms with Crippen LogP contribution in [-0.2, 0) is 27.2 Å². The van der Waals surface area contributed by atoms with Crippen molar-refractivity contribution in [2.24, 2.45) is 5.92 Å². The SMILES string of the molecule is Cc1cc(OCC(=O)NCC(=O)N[C@@H](C(=O)O)C(C)C)c2c3c(c(=O)oc2c1)CCCC3. The summed E-state index contributed by atoms with van der Waals surface area (Å²) in [6.07, 6.45) is 3.28. The zero-order chi connectivity index (χ0) is 23.4.